The van der Waals surface area contributed by atoms with Gasteiger partial charge in [-0.25, -0.2) is 0 Å². The van der Waals surface area contributed by atoms with Crippen LogP contribution in [0.5, 0.6) is 5.75 Å². The second-order valence-corrected chi connectivity index (χ2v) is 4.17. The van der Waals surface area contributed by atoms with Crippen LogP contribution in [0.1, 0.15) is 0 Å². The summed E-state index contributed by atoms with van der Waals surface area (Å²) in [7, 11) is 1.68. The number of ether oxygens (including phenoxy) is 1. The third-order valence-corrected chi connectivity index (χ3v) is 3.10. The van der Waals surface area contributed by atoms with Gasteiger partial charge in [0.05, 0.1) is 7.11 Å². The number of rotatable bonds is 2. The zero-order valence-corrected chi connectivity index (χ0v) is 10.2. The first-order chi connectivity index (χ1) is 8.88. The molecule has 3 rings (SSSR count). The third kappa shape index (κ3) is 1.84. The zero-order valence-electron chi connectivity index (χ0n) is 10.2. The Balaban J connectivity index is 2.18. The Morgan fingerprint density at radius 1 is 0.889 bits per heavy atom. The maximum Gasteiger partial charge on any atom is 0.118 e. The first kappa shape index (κ1) is 10.8. The summed E-state index contributed by atoms with van der Waals surface area (Å²) in [6.45, 7) is 0. The minimum absolute atomic E-state index is 0.874. The van der Waals surface area contributed by atoms with Gasteiger partial charge in [0.15, 0.2) is 0 Å². The Kier molecular flexibility index (Phi) is 2.73. The highest BCUT2D eigenvalue weighted by Gasteiger charge is 2.03. The summed E-state index contributed by atoms with van der Waals surface area (Å²) in [5.41, 5.74) is 2.29. The molecular weight excluding hydrogens is 220 g/mol. The minimum atomic E-state index is 0.874. The molecule has 0 unspecified atom stereocenters. The molecular formula is C17H13O. The zero-order chi connectivity index (χ0) is 12.4. The van der Waals surface area contributed by atoms with E-state index < -0.39 is 0 Å². The van der Waals surface area contributed by atoms with E-state index in [1.807, 2.05) is 18.2 Å². The van der Waals surface area contributed by atoms with Gasteiger partial charge in [-0.3, -0.25) is 0 Å². The van der Waals surface area contributed by atoms with Crippen molar-refractivity contribution in [2.45, 2.75) is 0 Å². The van der Waals surface area contributed by atoms with E-state index in [1.165, 1.54) is 10.8 Å². The van der Waals surface area contributed by atoms with Gasteiger partial charge in [0, 0.05) is 0 Å². The van der Waals surface area contributed by atoms with Crippen LogP contribution >= 0.6 is 0 Å². The number of hydrogen-bond donors (Lipinski definition) is 0. The smallest absolute Gasteiger partial charge is 0.118 e. The van der Waals surface area contributed by atoms with Crippen molar-refractivity contribution in [2.75, 3.05) is 7.11 Å². The van der Waals surface area contributed by atoms with Crippen molar-refractivity contribution in [1.29, 1.82) is 0 Å². The molecule has 0 saturated heterocycles. The summed E-state index contributed by atoms with van der Waals surface area (Å²) in [6, 6.07) is 23.8. The van der Waals surface area contributed by atoms with Crippen LogP contribution in [0.4, 0.5) is 0 Å². The van der Waals surface area contributed by atoms with E-state index in [0.29, 0.717) is 0 Å². The average molecular weight is 233 g/mol. The monoisotopic (exact) mass is 233 g/mol. The van der Waals surface area contributed by atoms with Gasteiger partial charge in [0.2, 0.25) is 0 Å². The molecule has 0 saturated carbocycles. The lowest BCUT2D eigenvalue weighted by molar-refractivity contribution is 0.415. The Labute approximate surface area is 107 Å². The standard InChI is InChI=1S/C17H13O/c1-18-15-11-9-14(10-12-15)17-8-4-6-13-5-2-3-7-16(13)17/h2-7,9-12H,1H3. The molecule has 3 aromatic carbocycles. The molecule has 0 N–H and O–H groups in total. The average Bonchev–Trinajstić information content (AvgIpc) is 2.47. The first-order valence-electron chi connectivity index (χ1n) is 5.92. The van der Waals surface area contributed by atoms with Crippen LogP contribution in [-0.4, -0.2) is 7.11 Å². The highest BCUT2D eigenvalue weighted by atomic mass is 16.5. The van der Waals surface area contributed by atoms with Crippen LogP contribution < -0.4 is 4.74 Å². The van der Waals surface area contributed by atoms with E-state index in [4.69, 9.17) is 4.74 Å². The van der Waals surface area contributed by atoms with Gasteiger partial charge >= 0.3 is 0 Å². The molecule has 1 heteroatoms. The van der Waals surface area contributed by atoms with Crippen molar-refractivity contribution in [1.82, 2.24) is 0 Å². The van der Waals surface area contributed by atoms with Gasteiger partial charge in [-0.05, 0) is 40.1 Å². The first-order valence-corrected chi connectivity index (χ1v) is 5.92. The predicted molar refractivity (Wildman–Crippen MR) is 74.8 cm³/mol. The van der Waals surface area contributed by atoms with Gasteiger partial charge < -0.3 is 4.74 Å². The fraction of sp³-hybridized carbons (Fsp3) is 0.0588. The molecule has 1 nitrogen and oxygen atoms in total. The molecule has 1 radical (unpaired) electrons. The van der Waals surface area contributed by atoms with Crippen molar-refractivity contribution in [3.8, 4) is 16.9 Å². The van der Waals surface area contributed by atoms with E-state index in [9.17, 15) is 0 Å². The lowest BCUT2D eigenvalue weighted by atomic mass is 9.98. The van der Waals surface area contributed by atoms with Gasteiger partial charge in [0.1, 0.15) is 5.75 Å². The van der Waals surface area contributed by atoms with Crippen LogP contribution in [-0.2, 0) is 0 Å². The quantitative estimate of drug-likeness (QED) is 0.640. The lowest BCUT2D eigenvalue weighted by Crippen LogP contribution is -1.84. The summed E-state index contributed by atoms with van der Waals surface area (Å²) in [4.78, 5) is 0. The highest BCUT2D eigenvalue weighted by molar-refractivity contribution is 5.96. The summed E-state index contributed by atoms with van der Waals surface area (Å²) >= 11 is 0. The maximum absolute atomic E-state index is 5.18. The van der Waals surface area contributed by atoms with Gasteiger partial charge in [-0.15, -0.1) is 0 Å². The largest absolute Gasteiger partial charge is 0.497 e. The second-order valence-electron chi connectivity index (χ2n) is 4.17. The molecule has 0 amide bonds. The molecule has 0 heterocycles. The molecule has 0 spiro atoms. The number of fused-ring (bicyclic) bond motifs is 1. The number of hydrogen-bond acceptors (Lipinski definition) is 1. The van der Waals surface area contributed by atoms with Gasteiger partial charge in [-0.2, -0.15) is 0 Å². The molecule has 0 aliphatic heterocycles. The third-order valence-electron chi connectivity index (χ3n) is 3.10. The fourth-order valence-corrected chi connectivity index (χ4v) is 2.16. The molecule has 0 aromatic heterocycles. The summed E-state index contributed by atoms with van der Waals surface area (Å²) in [5, 5.41) is 2.47. The Morgan fingerprint density at radius 2 is 1.67 bits per heavy atom. The lowest BCUT2D eigenvalue weighted by Gasteiger charge is -2.07. The predicted octanol–water partition coefficient (Wildman–Crippen LogP) is 4.32. The Morgan fingerprint density at radius 3 is 2.44 bits per heavy atom. The highest BCUT2D eigenvalue weighted by Crippen LogP contribution is 2.29. The maximum atomic E-state index is 5.18. The van der Waals surface area contributed by atoms with E-state index in [1.54, 1.807) is 7.11 Å². The van der Waals surface area contributed by atoms with Crippen molar-refractivity contribution >= 4 is 10.8 Å². The minimum Gasteiger partial charge on any atom is -0.497 e. The molecule has 87 valence electrons. The molecule has 0 aliphatic carbocycles. The molecule has 0 aliphatic rings. The summed E-state index contributed by atoms with van der Waals surface area (Å²) < 4.78 is 5.18. The second kappa shape index (κ2) is 4.53. The molecule has 0 bridgehead atoms. The van der Waals surface area contributed by atoms with E-state index >= 15 is 0 Å². The Bertz CT molecular complexity index is 663. The van der Waals surface area contributed by atoms with Crippen LogP contribution in [0.15, 0.2) is 60.7 Å². The van der Waals surface area contributed by atoms with E-state index in [2.05, 4.69) is 48.5 Å². The molecule has 18 heavy (non-hydrogen) atoms. The van der Waals surface area contributed by atoms with Crippen molar-refractivity contribution in [3.63, 3.8) is 0 Å². The van der Waals surface area contributed by atoms with Crippen LogP contribution in [0.3, 0.4) is 0 Å². The van der Waals surface area contributed by atoms with E-state index in [0.717, 1.165) is 16.9 Å². The topological polar surface area (TPSA) is 9.23 Å². The fourth-order valence-electron chi connectivity index (χ4n) is 2.16. The van der Waals surface area contributed by atoms with Gasteiger partial charge in [-0.1, -0.05) is 48.5 Å². The van der Waals surface area contributed by atoms with Crippen molar-refractivity contribution in [3.05, 3.63) is 66.7 Å². The van der Waals surface area contributed by atoms with Crippen LogP contribution in [0.25, 0.3) is 21.9 Å². The van der Waals surface area contributed by atoms with Crippen molar-refractivity contribution in [2.24, 2.45) is 0 Å². The molecule has 0 atom stereocenters. The summed E-state index contributed by atoms with van der Waals surface area (Å²) in [5.74, 6) is 0.874. The Hall–Kier alpha value is -2.28. The molecule has 0 fully saturated rings. The summed E-state index contributed by atoms with van der Waals surface area (Å²) in [6.07, 6.45) is 0. The van der Waals surface area contributed by atoms with Crippen LogP contribution in [0, 0.1) is 6.07 Å². The normalized spacial score (nSPS) is 10.5. The van der Waals surface area contributed by atoms with Crippen LogP contribution in [0.2, 0.25) is 0 Å². The molecule has 3 aromatic rings. The number of methoxy groups -OCH3 is 1. The van der Waals surface area contributed by atoms with E-state index in [-0.39, 0.29) is 0 Å². The SMILES string of the molecule is COc1ccc(-c2[c]ccc3ccccc23)cc1. The van der Waals surface area contributed by atoms with Crippen molar-refractivity contribution < 1.29 is 4.74 Å². The number of benzene rings is 3. The van der Waals surface area contributed by atoms with Gasteiger partial charge in [0.25, 0.3) is 0 Å².